The zero-order valence-electron chi connectivity index (χ0n) is 12.7. The van der Waals surface area contributed by atoms with Gasteiger partial charge in [0.1, 0.15) is 0 Å². The molecule has 1 aliphatic heterocycles. The van der Waals surface area contributed by atoms with Crippen molar-refractivity contribution in [3.8, 4) is 0 Å². The van der Waals surface area contributed by atoms with Gasteiger partial charge in [-0.25, -0.2) is 0 Å². The Morgan fingerprint density at radius 2 is 1.77 bits per heavy atom. The number of rotatable bonds is 4. The molecule has 1 aromatic carbocycles. The van der Waals surface area contributed by atoms with Gasteiger partial charge in [0.05, 0.1) is 5.92 Å². The molecule has 1 aliphatic rings. The van der Waals surface area contributed by atoms with Gasteiger partial charge in [0.25, 0.3) is 11.8 Å². The number of amides is 2. The van der Waals surface area contributed by atoms with E-state index in [0.29, 0.717) is 24.1 Å². The first kappa shape index (κ1) is 16.0. The fourth-order valence-corrected chi connectivity index (χ4v) is 2.44. The largest absolute Gasteiger partial charge is 0.481 e. The molecule has 0 saturated carbocycles. The van der Waals surface area contributed by atoms with Gasteiger partial charge in [-0.15, -0.1) is 0 Å². The number of likely N-dealkylation sites (tertiary alicyclic amines) is 1. The van der Waals surface area contributed by atoms with E-state index in [1.165, 1.54) is 0 Å². The molecule has 2 N–H and O–H groups in total. The summed E-state index contributed by atoms with van der Waals surface area (Å²) in [4.78, 5) is 36.6. The first-order valence-corrected chi connectivity index (χ1v) is 7.31. The molecule has 1 heterocycles. The maximum atomic E-state index is 12.3. The molecule has 0 aromatic heterocycles. The molecule has 2 amide bonds. The minimum Gasteiger partial charge on any atom is -0.481 e. The Morgan fingerprint density at radius 3 is 2.27 bits per heavy atom. The molecule has 6 nitrogen and oxygen atoms in total. The highest BCUT2D eigenvalue weighted by molar-refractivity contribution is 5.98. The smallest absolute Gasteiger partial charge is 0.308 e. The van der Waals surface area contributed by atoms with Gasteiger partial charge in [-0.3, -0.25) is 14.4 Å². The van der Waals surface area contributed by atoms with Crippen LogP contribution in [0.2, 0.25) is 0 Å². The Hall–Kier alpha value is -2.37. The average Bonchev–Trinajstić information content (AvgIpc) is 2.96. The summed E-state index contributed by atoms with van der Waals surface area (Å²) in [6.45, 7) is 4.44. The quantitative estimate of drug-likeness (QED) is 0.879. The topological polar surface area (TPSA) is 86.7 Å². The Bertz CT molecular complexity index is 580. The number of benzene rings is 1. The van der Waals surface area contributed by atoms with Crippen molar-refractivity contribution in [3.63, 3.8) is 0 Å². The van der Waals surface area contributed by atoms with E-state index in [1.54, 1.807) is 29.2 Å². The van der Waals surface area contributed by atoms with E-state index in [-0.39, 0.29) is 24.4 Å². The maximum Gasteiger partial charge on any atom is 0.308 e. The van der Waals surface area contributed by atoms with Gasteiger partial charge >= 0.3 is 5.97 Å². The Labute approximate surface area is 129 Å². The molecular weight excluding hydrogens is 284 g/mol. The van der Waals surface area contributed by atoms with Crippen LogP contribution in [0, 0.1) is 5.92 Å². The van der Waals surface area contributed by atoms with Gasteiger partial charge in [0.15, 0.2) is 0 Å². The Morgan fingerprint density at radius 1 is 1.18 bits per heavy atom. The lowest BCUT2D eigenvalue weighted by atomic mass is 10.1. The fourth-order valence-electron chi connectivity index (χ4n) is 2.44. The summed E-state index contributed by atoms with van der Waals surface area (Å²) >= 11 is 0. The minimum absolute atomic E-state index is 0.0476. The molecule has 1 atom stereocenters. The number of carboxylic acids is 1. The maximum absolute atomic E-state index is 12.3. The molecule has 0 radical (unpaired) electrons. The van der Waals surface area contributed by atoms with Crippen molar-refractivity contribution in [1.29, 1.82) is 0 Å². The summed E-state index contributed by atoms with van der Waals surface area (Å²) in [6.07, 6.45) is 0.482. The first-order valence-electron chi connectivity index (χ1n) is 7.31. The minimum atomic E-state index is -0.865. The number of nitrogens with one attached hydrogen (secondary N) is 1. The molecular formula is C16H20N2O4. The molecule has 1 saturated heterocycles. The van der Waals surface area contributed by atoms with Gasteiger partial charge in [0, 0.05) is 30.3 Å². The third kappa shape index (κ3) is 3.63. The second-order valence-corrected chi connectivity index (χ2v) is 5.78. The van der Waals surface area contributed by atoms with Crippen molar-refractivity contribution >= 4 is 17.8 Å². The van der Waals surface area contributed by atoms with Crippen LogP contribution in [-0.4, -0.2) is 46.9 Å². The second kappa shape index (κ2) is 6.60. The zero-order valence-corrected chi connectivity index (χ0v) is 12.7. The zero-order chi connectivity index (χ0) is 16.3. The van der Waals surface area contributed by atoms with Gasteiger partial charge < -0.3 is 15.3 Å². The molecule has 118 valence electrons. The number of hydrogen-bond acceptors (Lipinski definition) is 3. The van der Waals surface area contributed by atoms with Crippen LogP contribution in [0.15, 0.2) is 24.3 Å². The van der Waals surface area contributed by atoms with E-state index in [4.69, 9.17) is 5.11 Å². The molecule has 0 bridgehead atoms. The van der Waals surface area contributed by atoms with E-state index < -0.39 is 11.9 Å². The third-order valence-electron chi connectivity index (χ3n) is 3.64. The molecule has 22 heavy (non-hydrogen) atoms. The number of hydrogen-bond donors (Lipinski definition) is 2. The number of carbonyl (C=O) groups excluding carboxylic acids is 2. The van der Waals surface area contributed by atoms with Crippen molar-refractivity contribution in [2.75, 3.05) is 13.1 Å². The lowest BCUT2D eigenvalue weighted by Gasteiger charge is -2.16. The predicted molar refractivity (Wildman–Crippen MR) is 80.7 cm³/mol. The number of carbonyl (C=O) groups is 3. The van der Waals surface area contributed by atoms with E-state index in [1.807, 2.05) is 13.8 Å². The van der Waals surface area contributed by atoms with E-state index >= 15 is 0 Å². The monoisotopic (exact) mass is 304 g/mol. The second-order valence-electron chi connectivity index (χ2n) is 5.78. The van der Waals surface area contributed by atoms with Crippen molar-refractivity contribution in [3.05, 3.63) is 35.4 Å². The highest BCUT2D eigenvalue weighted by Gasteiger charge is 2.31. The lowest BCUT2D eigenvalue weighted by molar-refractivity contribution is -0.141. The standard InChI is InChI=1S/C16H20N2O4/c1-10(2)17-14(19)11-3-5-12(6-4-11)15(20)18-8-7-13(9-18)16(21)22/h3-6,10,13H,7-9H2,1-2H3,(H,17,19)(H,21,22). The van der Waals surface area contributed by atoms with Crippen LogP contribution < -0.4 is 5.32 Å². The lowest BCUT2D eigenvalue weighted by Crippen LogP contribution is -2.31. The van der Waals surface area contributed by atoms with Gasteiger partial charge in [-0.2, -0.15) is 0 Å². The highest BCUT2D eigenvalue weighted by Crippen LogP contribution is 2.19. The third-order valence-corrected chi connectivity index (χ3v) is 3.64. The Kier molecular flexibility index (Phi) is 4.80. The van der Waals surface area contributed by atoms with Crippen LogP contribution in [0.25, 0.3) is 0 Å². The SMILES string of the molecule is CC(C)NC(=O)c1ccc(C(=O)N2CCC(C(=O)O)C2)cc1. The van der Waals surface area contributed by atoms with Crippen LogP contribution in [-0.2, 0) is 4.79 Å². The van der Waals surface area contributed by atoms with E-state index in [9.17, 15) is 14.4 Å². The molecule has 2 rings (SSSR count). The van der Waals surface area contributed by atoms with Crippen molar-refractivity contribution in [2.45, 2.75) is 26.3 Å². The molecule has 0 spiro atoms. The van der Waals surface area contributed by atoms with Crippen molar-refractivity contribution in [2.24, 2.45) is 5.92 Å². The summed E-state index contributed by atoms with van der Waals surface area (Å²) < 4.78 is 0. The number of aliphatic carboxylic acids is 1. The summed E-state index contributed by atoms with van der Waals surface area (Å²) in [5, 5.41) is 11.8. The van der Waals surface area contributed by atoms with Gasteiger partial charge in [0.2, 0.25) is 0 Å². The first-order chi connectivity index (χ1) is 10.4. The number of nitrogens with zero attached hydrogens (tertiary/aromatic N) is 1. The van der Waals surface area contributed by atoms with Crippen molar-refractivity contribution in [1.82, 2.24) is 10.2 Å². The van der Waals surface area contributed by atoms with Crippen LogP contribution in [0.4, 0.5) is 0 Å². The van der Waals surface area contributed by atoms with Crippen LogP contribution in [0.3, 0.4) is 0 Å². The summed E-state index contributed by atoms with van der Waals surface area (Å²) in [6, 6.07) is 6.47. The van der Waals surface area contributed by atoms with Gasteiger partial charge in [-0.05, 0) is 44.5 Å². The predicted octanol–water partition coefficient (Wildman–Crippen LogP) is 1.37. The summed E-state index contributed by atoms with van der Waals surface area (Å²) in [5.74, 6) is -1.73. The normalized spacial score (nSPS) is 17.6. The van der Waals surface area contributed by atoms with Crippen LogP contribution in [0.1, 0.15) is 41.0 Å². The number of carboxylic acid groups (broad SMARTS) is 1. The van der Waals surface area contributed by atoms with Crippen molar-refractivity contribution < 1.29 is 19.5 Å². The summed E-state index contributed by atoms with van der Waals surface area (Å²) in [7, 11) is 0. The van der Waals surface area contributed by atoms with E-state index in [2.05, 4.69) is 5.32 Å². The van der Waals surface area contributed by atoms with Gasteiger partial charge in [-0.1, -0.05) is 0 Å². The molecule has 6 heteroatoms. The molecule has 1 fully saturated rings. The van der Waals surface area contributed by atoms with Crippen LogP contribution in [0.5, 0.6) is 0 Å². The molecule has 0 aliphatic carbocycles. The molecule has 1 unspecified atom stereocenters. The Balaban J connectivity index is 2.03. The summed E-state index contributed by atoms with van der Waals surface area (Å²) in [5.41, 5.74) is 0.960. The average molecular weight is 304 g/mol. The van der Waals surface area contributed by atoms with Crippen LogP contribution >= 0.6 is 0 Å². The molecule has 1 aromatic rings. The van der Waals surface area contributed by atoms with E-state index in [0.717, 1.165) is 0 Å². The highest BCUT2D eigenvalue weighted by atomic mass is 16.4. The fraction of sp³-hybridized carbons (Fsp3) is 0.438.